The Kier molecular flexibility index (Phi) is 7.06. The minimum atomic E-state index is -1.08. The number of carbonyl (C=O) groups excluding carboxylic acids is 1. The number of carboxylic acids is 1. The Labute approximate surface area is 196 Å². The van der Waals surface area contributed by atoms with Crippen molar-refractivity contribution in [2.24, 2.45) is 0 Å². The molecule has 1 saturated heterocycles. The van der Waals surface area contributed by atoms with Crippen LogP contribution in [-0.2, 0) is 20.8 Å². The molecular formula is C19H24BrN3O6S2. The number of aromatic nitrogens is 2. The van der Waals surface area contributed by atoms with Crippen molar-refractivity contribution in [3.63, 3.8) is 0 Å². The van der Waals surface area contributed by atoms with Crippen LogP contribution in [0.2, 0.25) is 0 Å². The van der Waals surface area contributed by atoms with Crippen LogP contribution in [0.1, 0.15) is 61.2 Å². The van der Waals surface area contributed by atoms with Crippen molar-refractivity contribution in [1.82, 2.24) is 14.9 Å². The van der Waals surface area contributed by atoms with Crippen molar-refractivity contribution in [2.75, 3.05) is 6.61 Å². The molecule has 31 heavy (non-hydrogen) atoms. The summed E-state index contributed by atoms with van der Waals surface area (Å²) in [5.41, 5.74) is -1.08. The van der Waals surface area contributed by atoms with Gasteiger partial charge in [0, 0.05) is 10.8 Å². The molecule has 1 amide bonds. The molecular weight excluding hydrogens is 510 g/mol. The summed E-state index contributed by atoms with van der Waals surface area (Å²) < 4.78 is 18.4. The van der Waals surface area contributed by atoms with Crippen molar-refractivity contribution in [2.45, 2.75) is 64.7 Å². The number of ether oxygens (including phenoxy) is 3. The molecule has 1 aliphatic heterocycles. The number of nitrogens with zero attached hydrogens (tertiary/aromatic N) is 3. The van der Waals surface area contributed by atoms with Crippen molar-refractivity contribution in [3.05, 3.63) is 31.1 Å². The molecule has 2 aromatic heterocycles. The molecule has 3 heterocycles. The van der Waals surface area contributed by atoms with E-state index in [1.54, 1.807) is 44.9 Å². The molecule has 0 unspecified atom stereocenters. The number of aromatic carboxylic acids is 1. The van der Waals surface area contributed by atoms with Gasteiger partial charge in [0.05, 0.1) is 24.9 Å². The van der Waals surface area contributed by atoms with Gasteiger partial charge in [0.2, 0.25) is 5.01 Å². The lowest BCUT2D eigenvalue weighted by atomic mass is 10.1. The second kappa shape index (κ2) is 9.10. The number of thiazole rings is 2. The van der Waals surface area contributed by atoms with E-state index in [0.29, 0.717) is 15.3 Å². The van der Waals surface area contributed by atoms with E-state index in [-0.39, 0.29) is 18.2 Å². The molecule has 1 fully saturated rings. The first-order valence-electron chi connectivity index (χ1n) is 9.44. The highest BCUT2D eigenvalue weighted by Gasteiger charge is 2.50. The molecule has 0 bridgehead atoms. The van der Waals surface area contributed by atoms with E-state index >= 15 is 0 Å². The van der Waals surface area contributed by atoms with Crippen LogP contribution in [-0.4, -0.2) is 56.0 Å². The molecule has 170 valence electrons. The Morgan fingerprint density at radius 1 is 1.35 bits per heavy atom. The predicted molar refractivity (Wildman–Crippen MR) is 118 cm³/mol. The molecule has 3 rings (SSSR count). The van der Waals surface area contributed by atoms with Crippen LogP contribution in [0, 0.1) is 0 Å². The van der Waals surface area contributed by atoms with Gasteiger partial charge in [-0.15, -0.1) is 22.7 Å². The van der Waals surface area contributed by atoms with Crippen LogP contribution >= 0.6 is 38.6 Å². The van der Waals surface area contributed by atoms with Crippen molar-refractivity contribution < 1.29 is 28.9 Å². The summed E-state index contributed by atoms with van der Waals surface area (Å²) in [6.45, 7) is 9.29. The van der Waals surface area contributed by atoms with Gasteiger partial charge < -0.3 is 19.3 Å². The number of halogens is 1. The molecule has 1 N–H and O–H groups in total. The summed E-state index contributed by atoms with van der Waals surface area (Å²) in [4.78, 5) is 34.2. The van der Waals surface area contributed by atoms with Crippen LogP contribution in [0.5, 0.6) is 0 Å². The van der Waals surface area contributed by atoms with Gasteiger partial charge >= 0.3 is 12.1 Å². The lowest BCUT2D eigenvalue weighted by Gasteiger charge is -2.37. The van der Waals surface area contributed by atoms with E-state index < -0.39 is 35.5 Å². The fourth-order valence-corrected chi connectivity index (χ4v) is 5.12. The first-order chi connectivity index (χ1) is 14.4. The zero-order valence-corrected chi connectivity index (χ0v) is 21.0. The van der Waals surface area contributed by atoms with Gasteiger partial charge in [-0.2, -0.15) is 0 Å². The largest absolute Gasteiger partial charge is 0.476 e. The predicted octanol–water partition coefficient (Wildman–Crippen LogP) is 4.69. The lowest BCUT2D eigenvalue weighted by molar-refractivity contribution is -0.0746. The van der Waals surface area contributed by atoms with E-state index in [9.17, 15) is 9.59 Å². The third kappa shape index (κ3) is 5.80. The molecule has 9 nitrogen and oxygen atoms in total. The maximum atomic E-state index is 13.0. The Balaban J connectivity index is 1.88. The minimum absolute atomic E-state index is 0.00661. The number of amides is 1. The minimum Gasteiger partial charge on any atom is -0.476 e. The summed E-state index contributed by atoms with van der Waals surface area (Å²) in [7, 11) is 0. The van der Waals surface area contributed by atoms with E-state index in [1.165, 1.54) is 11.3 Å². The summed E-state index contributed by atoms with van der Waals surface area (Å²) in [5, 5.41) is 13.2. The van der Waals surface area contributed by atoms with Crippen molar-refractivity contribution in [3.8, 4) is 0 Å². The van der Waals surface area contributed by atoms with Crippen LogP contribution < -0.4 is 0 Å². The Bertz CT molecular complexity index is 955. The molecule has 2 aromatic rings. The molecule has 0 aromatic carbocycles. The molecule has 12 heteroatoms. The third-order valence-electron chi connectivity index (χ3n) is 4.34. The Morgan fingerprint density at radius 3 is 2.61 bits per heavy atom. The van der Waals surface area contributed by atoms with E-state index in [2.05, 4.69) is 25.9 Å². The van der Waals surface area contributed by atoms with E-state index in [0.717, 1.165) is 11.3 Å². The van der Waals surface area contributed by atoms with Gasteiger partial charge in [0.15, 0.2) is 0 Å². The number of hydrogen-bond acceptors (Lipinski definition) is 9. The highest BCUT2D eigenvalue weighted by atomic mass is 79.9. The normalized spacial score (nSPS) is 19.4. The van der Waals surface area contributed by atoms with Crippen LogP contribution in [0.3, 0.4) is 0 Å². The first kappa shape index (κ1) is 24.1. The quantitative estimate of drug-likeness (QED) is 0.569. The summed E-state index contributed by atoms with van der Waals surface area (Å²) in [6.07, 6.45) is -1.13. The van der Waals surface area contributed by atoms with Gasteiger partial charge in [-0.05, 0) is 50.5 Å². The fraction of sp³-hybridized carbons (Fsp3) is 0.579. The van der Waals surface area contributed by atoms with Gasteiger partial charge in [-0.25, -0.2) is 19.6 Å². The second-order valence-corrected chi connectivity index (χ2v) is 10.9. The molecule has 0 aliphatic carbocycles. The van der Waals surface area contributed by atoms with Gasteiger partial charge in [-0.3, -0.25) is 4.90 Å². The standard InChI is InChI=1S/C19H24BrN3O6S2/c1-18(2,3)29-17(26)23-11(7-28-19(23,4)5)13(14-22-12(20)9-31-14)27-6-10-8-30-15(21-10)16(24)25/h8-9,11,13H,6-7H2,1-5H3,(H,24,25)/t11-,13+/m1/s1. The zero-order valence-electron chi connectivity index (χ0n) is 17.7. The summed E-state index contributed by atoms with van der Waals surface area (Å²) in [5.74, 6) is -1.08. The molecule has 0 radical (unpaired) electrons. The summed E-state index contributed by atoms with van der Waals surface area (Å²) >= 11 is 5.78. The van der Waals surface area contributed by atoms with Gasteiger partial charge in [0.25, 0.3) is 0 Å². The molecule has 0 spiro atoms. The van der Waals surface area contributed by atoms with Crippen LogP contribution in [0.15, 0.2) is 15.4 Å². The first-order valence-corrected chi connectivity index (χ1v) is 12.0. The highest BCUT2D eigenvalue weighted by Crippen LogP contribution is 2.39. The van der Waals surface area contributed by atoms with Crippen LogP contribution in [0.4, 0.5) is 4.79 Å². The van der Waals surface area contributed by atoms with Gasteiger partial charge in [0.1, 0.15) is 27.0 Å². The SMILES string of the molecule is CC(C)(C)OC(=O)N1[C@@H]([C@H](OCc2csc(C(=O)O)n2)c2nc(Br)cs2)COC1(C)C. The van der Waals surface area contributed by atoms with E-state index in [4.69, 9.17) is 19.3 Å². The molecule has 1 aliphatic rings. The Hall–Kier alpha value is -1.60. The second-order valence-electron chi connectivity index (χ2n) is 8.36. The maximum absolute atomic E-state index is 13.0. The zero-order chi connectivity index (χ0) is 23.0. The van der Waals surface area contributed by atoms with Crippen molar-refractivity contribution in [1.29, 1.82) is 0 Å². The number of carbonyl (C=O) groups is 2. The fourth-order valence-electron chi connectivity index (χ4n) is 3.11. The monoisotopic (exact) mass is 533 g/mol. The number of carboxylic acid groups (broad SMARTS) is 1. The topological polar surface area (TPSA) is 111 Å². The average molecular weight is 534 g/mol. The lowest BCUT2D eigenvalue weighted by Crippen LogP contribution is -2.51. The number of rotatable bonds is 6. The highest BCUT2D eigenvalue weighted by molar-refractivity contribution is 9.10. The Morgan fingerprint density at radius 2 is 2.06 bits per heavy atom. The molecule has 0 saturated carbocycles. The van der Waals surface area contributed by atoms with E-state index in [1.807, 2.05) is 5.38 Å². The molecule has 2 atom stereocenters. The van der Waals surface area contributed by atoms with Crippen LogP contribution in [0.25, 0.3) is 0 Å². The van der Waals surface area contributed by atoms with Crippen molar-refractivity contribution >= 4 is 50.7 Å². The smallest absolute Gasteiger partial charge is 0.413 e. The number of hydrogen-bond donors (Lipinski definition) is 1. The average Bonchev–Trinajstić information content (AvgIpc) is 3.33. The third-order valence-corrected chi connectivity index (χ3v) is 6.84. The maximum Gasteiger partial charge on any atom is 0.413 e. The summed E-state index contributed by atoms with van der Waals surface area (Å²) in [6, 6.07) is -0.500. The van der Waals surface area contributed by atoms with Gasteiger partial charge in [-0.1, -0.05) is 0 Å².